The number of nitrogens with one attached hydrogen (secondary N) is 1. The van der Waals surface area contributed by atoms with Crippen LogP contribution in [0.25, 0.3) is 0 Å². The van der Waals surface area contributed by atoms with Crippen LogP contribution >= 0.6 is 0 Å². The van der Waals surface area contributed by atoms with Gasteiger partial charge in [0.1, 0.15) is 28.1 Å². The zero-order valence-electron chi connectivity index (χ0n) is 14.7. The monoisotopic (exact) mass is 425 g/mol. The van der Waals surface area contributed by atoms with Crippen LogP contribution < -0.4 is 9.46 Å². The van der Waals surface area contributed by atoms with Crippen LogP contribution in [0.3, 0.4) is 0 Å². The van der Waals surface area contributed by atoms with Gasteiger partial charge in [0.05, 0.1) is 12.0 Å². The molecule has 8 nitrogen and oxygen atoms in total. The van der Waals surface area contributed by atoms with Crippen molar-refractivity contribution in [1.82, 2.24) is 9.03 Å². The lowest BCUT2D eigenvalue weighted by molar-refractivity contribution is 0.250. The summed E-state index contributed by atoms with van der Waals surface area (Å²) in [6, 6.07) is 9.97. The molecule has 0 amide bonds. The van der Waals surface area contributed by atoms with Crippen LogP contribution in [0.2, 0.25) is 0 Å². The first-order valence-corrected chi connectivity index (χ1v) is 11.0. The Morgan fingerprint density at radius 2 is 1.79 bits per heavy atom. The van der Waals surface area contributed by atoms with Gasteiger partial charge in [0, 0.05) is 19.1 Å². The number of hydrogen-bond acceptors (Lipinski definition) is 6. The lowest BCUT2D eigenvalue weighted by Crippen LogP contribution is -2.60. The van der Waals surface area contributed by atoms with Gasteiger partial charge in [-0.1, -0.05) is 6.07 Å². The molecular weight excluding hydrogens is 409 g/mol. The van der Waals surface area contributed by atoms with E-state index in [1.165, 1.54) is 43.5 Å². The number of nitrogens with zero attached hydrogens (tertiary/aromatic N) is 2. The number of ether oxygens (including phenoxy) is 1. The molecule has 0 spiro atoms. The van der Waals surface area contributed by atoms with Gasteiger partial charge in [0.15, 0.2) is 0 Å². The Morgan fingerprint density at radius 1 is 1.14 bits per heavy atom. The first-order chi connectivity index (χ1) is 13.2. The summed E-state index contributed by atoms with van der Waals surface area (Å²) in [5.41, 5.74) is -0.586. The van der Waals surface area contributed by atoms with Gasteiger partial charge < -0.3 is 4.74 Å². The van der Waals surface area contributed by atoms with Crippen LogP contribution in [-0.2, 0) is 20.0 Å². The maximum absolute atomic E-state index is 13.7. The molecule has 0 aromatic heterocycles. The number of halogens is 1. The average Bonchev–Trinajstić information content (AvgIpc) is 2.64. The van der Waals surface area contributed by atoms with E-state index >= 15 is 0 Å². The van der Waals surface area contributed by atoms with E-state index < -0.39 is 42.4 Å². The summed E-state index contributed by atoms with van der Waals surface area (Å²) in [5, 5.41) is 9.00. The van der Waals surface area contributed by atoms with Crippen molar-refractivity contribution in [3.63, 3.8) is 0 Å². The summed E-state index contributed by atoms with van der Waals surface area (Å²) >= 11 is 0. The zero-order valence-corrected chi connectivity index (χ0v) is 16.3. The molecule has 0 bridgehead atoms. The second kappa shape index (κ2) is 7.48. The topological polar surface area (TPSA) is 117 Å². The highest BCUT2D eigenvalue weighted by atomic mass is 32.2. The predicted molar refractivity (Wildman–Crippen MR) is 97.0 cm³/mol. The Kier molecular flexibility index (Phi) is 5.40. The van der Waals surface area contributed by atoms with Gasteiger partial charge in [0.25, 0.3) is 0 Å². The van der Waals surface area contributed by atoms with E-state index in [2.05, 4.69) is 4.72 Å². The summed E-state index contributed by atoms with van der Waals surface area (Å²) in [7, 11) is -6.48. The Bertz CT molecular complexity index is 1140. The van der Waals surface area contributed by atoms with Gasteiger partial charge in [0.2, 0.25) is 20.0 Å². The molecule has 2 aromatic rings. The molecule has 28 heavy (non-hydrogen) atoms. The molecule has 0 radical (unpaired) electrons. The van der Waals surface area contributed by atoms with Crippen molar-refractivity contribution in [2.24, 2.45) is 0 Å². The molecule has 148 valence electrons. The van der Waals surface area contributed by atoms with E-state index in [1.54, 1.807) is 0 Å². The molecule has 1 aliphatic heterocycles. The number of sulfonamides is 2. The summed E-state index contributed by atoms with van der Waals surface area (Å²) < 4.78 is 72.1. The molecule has 1 N–H and O–H groups in total. The summed E-state index contributed by atoms with van der Waals surface area (Å²) in [4.78, 5) is -0.419. The smallest absolute Gasteiger partial charge is 0.243 e. The van der Waals surface area contributed by atoms with Gasteiger partial charge in [-0.2, -0.15) is 9.57 Å². The van der Waals surface area contributed by atoms with Gasteiger partial charge in [-0.3, -0.25) is 0 Å². The maximum Gasteiger partial charge on any atom is 0.243 e. The third-order valence-corrected chi connectivity index (χ3v) is 7.65. The first kappa shape index (κ1) is 20.2. The van der Waals surface area contributed by atoms with Gasteiger partial charge in [-0.15, -0.1) is 0 Å². The normalized spacial score (nSPS) is 15.6. The molecule has 1 aliphatic rings. The Hall–Kier alpha value is -2.52. The fourth-order valence-electron chi connectivity index (χ4n) is 2.73. The van der Waals surface area contributed by atoms with E-state index in [9.17, 15) is 21.2 Å². The van der Waals surface area contributed by atoms with Crippen molar-refractivity contribution < 1.29 is 26.0 Å². The number of nitriles is 1. The van der Waals surface area contributed by atoms with Crippen LogP contribution in [0.4, 0.5) is 4.39 Å². The molecule has 1 fully saturated rings. The third-order valence-electron chi connectivity index (χ3n) is 4.24. The summed E-state index contributed by atoms with van der Waals surface area (Å²) in [6.45, 7) is -0.157. The number of benzene rings is 2. The van der Waals surface area contributed by atoms with Crippen molar-refractivity contribution in [2.45, 2.75) is 15.8 Å². The van der Waals surface area contributed by atoms with E-state index in [0.717, 1.165) is 16.4 Å². The van der Waals surface area contributed by atoms with Crippen LogP contribution in [0.15, 0.2) is 52.3 Å². The third kappa shape index (κ3) is 3.72. The largest absolute Gasteiger partial charge is 0.497 e. The van der Waals surface area contributed by atoms with Gasteiger partial charge in [-0.25, -0.2) is 25.9 Å². The quantitative estimate of drug-likeness (QED) is 0.740. The van der Waals surface area contributed by atoms with E-state index in [-0.39, 0.29) is 18.0 Å². The zero-order chi connectivity index (χ0) is 20.5. The van der Waals surface area contributed by atoms with E-state index in [1.807, 2.05) is 0 Å². The SMILES string of the molecule is COc1ccc(S(=O)(=O)N2CC(NS(=O)(=O)c3cccc(F)c3C#N)C2)cc1. The Labute approximate surface area is 162 Å². The average molecular weight is 425 g/mol. The number of rotatable bonds is 6. The Morgan fingerprint density at radius 3 is 2.36 bits per heavy atom. The molecule has 0 atom stereocenters. The van der Waals surface area contributed by atoms with E-state index in [4.69, 9.17) is 10.00 Å². The molecule has 1 saturated heterocycles. The molecule has 2 aromatic carbocycles. The maximum atomic E-state index is 13.7. The summed E-state index contributed by atoms with van der Waals surface area (Å²) in [6.07, 6.45) is 0. The highest BCUT2D eigenvalue weighted by molar-refractivity contribution is 7.90. The highest BCUT2D eigenvalue weighted by Gasteiger charge is 2.39. The van der Waals surface area contributed by atoms with Gasteiger partial charge >= 0.3 is 0 Å². The van der Waals surface area contributed by atoms with Crippen LogP contribution in [0.1, 0.15) is 5.56 Å². The van der Waals surface area contributed by atoms with Gasteiger partial charge in [-0.05, 0) is 36.4 Å². The second-order valence-electron chi connectivity index (χ2n) is 6.04. The minimum atomic E-state index is -4.18. The minimum absolute atomic E-state index is 0.0616. The van der Waals surface area contributed by atoms with Crippen molar-refractivity contribution in [2.75, 3.05) is 20.2 Å². The highest BCUT2D eigenvalue weighted by Crippen LogP contribution is 2.25. The van der Waals surface area contributed by atoms with Crippen molar-refractivity contribution in [3.05, 3.63) is 53.8 Å². The lowest BCUT2D eigenvalue weighted by atomic mass is 10.2. The second-order valence-corrected chi connectivity index (χ2v) is 9.66. The van der Waals surface area contributed by atoms with E-state index in [0.29, 0.717) is 5.75 Å². The fraction of sp³-hybridized carbons (Fsp3) is 0.235. The number of methoxy groups -OCH3 is 1. The fourth-order valence-corrected chi connectivity index (χ4v) is 5.64. The standard InChI is InChI=1S/C17H16FN3O5S2/c1-26-13-5-7-14(8-6-13)28(24,25)21-10-12(11-21)20-27(22,23)17-4-2-3-16(18)15(17)9-19/h2-8,12,20H,10-11H2,1H3. The van der Waals surface area contributed by atoms with Crippen LogP contribution in [-0.4, -0.2) is 47.4 Å². The molecule has 3 rings (SSSR count). The summed E-state index contributed by atoms with van der Waals surface area (Å²) in [5.74, 6) is -0.431. The molecule has 0 saturated carbocycles. The molecule has 0 aliphatic carbocycles. The van der Waals surface area contributed by atoms with Crippen LogP contribution in [0, 0.1) is 17.1 Å². The molecule has 1 heterocycles. The Balaban J connectivity index is 1.71. The predicted octanol–water partition coefficient (Wildman–Crippen LogP) is 1.06. The molecule has 0 unspecified atom stereocenters. The number of hydrogen-bond donors (Lipinski definition) is 1. The van der Waals surface area contributed by atoms with Crippen molar-refractivity contribution in [1.29, 1.82) is 5.26 Å². The van der Waals surface area contributed by atoms with Crippen LogP contribution in [0.5, 0.6) is 5.75 Å². The minimum Gasteiger partial charge on any atom is -0.497 e. The van der Waals surface area contributed by atoms with Crippen molar-refractivity contribution >= 4 is 20.0 Å². The van der Waals surface area contributed by atoms with Crippen molar-refractivity contribution in [3.8, 4) is 11.8 Å². The molecular formula is C17H16FN3O5S2. The lowest BCUT2D eigenvalue weighted by Gasteiger charge is -2.38. The first-order valence-electron chi connectivity index (χ1n) is 8.04. The molecule has 11 heteroatoms.